The fourth-order valence-electron chi connectivity index (χ4n) is 3.29. The molecule has 0 spiro atoms. The zero-order valence-corrected chi connectivity index (χ0v) is 8.97. The molecule has 1 heteroatoms. The van der Waals surface area contributed by atoms with Crippen molar-refractivity contribution in [2.24, 2.45) is 5.92 Å². The molecule has 1 nitrogen and oxygen atoms in total. The van der Waals surface area contributed by atoms with Crippen molar-refractivity contribution in [2.75, 3.05) is 13.1 Å². The third-order valence-corrected chi connectivity index (χ3v) is 3.87. The van der Waals surface area contributed by atoms with Gasteiger partial charge in [0.1, 0.15) is 0 Å². The summed E-state index contributed by atoms with van der Waals surface area (Å²) in [6, 6.07) is 0.974. The van der Waals surface area contributed by atoms with Crippen LogP contribution in [0.15, 0.2) is 0 Å². The Balaban J connectivity index is 1.94. The van der Waals surface area contributed by atoms with E-state index in [1.165, 1.54) is 58.0 Å². The van der Waals surface area contributed by atoms with Crippen LogP contribution < -0.4 is 0 Å². The molecular formula is C12H23N. The molecule has 1 aliphatic heterocycles. The van der Waals surface area contributed by atoms with Crippen LogP contribution in [0.1, 0.15) is 51.9 Å². The summed E-state index contributed by atoms with van der Waals surface area (Å²) < 4.78 is 0. The van der Waals surface area contributed by atoms with Gasteiger partial charge in [0, 0.05) is 6.04 Å². The molecule has 13 heavy (non-hydrogen) atoms. The van der Waals surface area contributed by atoms with E-state index in [2.05, 4.69) is 11.8 Å². The minimum atomic E-state index is 0.974. The lowest BCUT2D eigenvalue weighted by atomic mass is 9.78. The molecular weight excluding hydrogens is 158 g/mol. The van der Waals surface area contributed by atoms with Crippen LogP contribution in [-0.2, 0) is 0 Å². The van der Waals surface area contributed by atoms with Gasteiger partial charge in [0.25, 0.3) is 0 Å². The van der Waals surface area contributed by atoms with E-state index in [1.807, 2.05) is 0 Å². The van der Waals surface area contributed by atoms with E-state index in [9.17, 15) is 0 Å². The van der Waals surface area contributed by atoms with Crippen LogP contribution in [0.25, 0.3) is 0 Å². The van der Waals surface area contributed by atoms with Gasteiger partial charge in [-0.15, -0.1) is 0 Å². The molecule has 0 unspecified atom stereocenters. The van der Waals surface area contributed by atoms with Crippen LogP contribution in [0.5, 0.6) is 0 Å². The Morgan fingerprint density at radius 2 is 1.85 bits per heavy atom. The van der Waals surface area contributed by atoms with Crippen LogP contribution >= 0.6 is 0 Å². The average Bonchev–Trinajstić information content (AvgIpc) is 2.19. The zero-order chi connectivity index (χ0) is 9.10. The number of fused-ring (bicyclic) bond motifs is 1. The molecule has 0 aromatic rings. The highest BCUT2D eigenvalue weighted by atomic mass is 15.2. The second kappa shape index (κ2) is 4.45. The van der Waals surface area contributed by atoms with Crippen molar-refractivity contribution in [3.05, 3.63) is 0 Å². The maximum Gasteiger partial charge on any atom is 0.0123 e. The van der Waals surface area contributed by atoms with Crippen LogP contribution in [0.4, 0.5) is 0 Å². The van der Waals surface area contributed by atoms with Crippen LogP contribution in [-0.4, -0.2) is 24.0 Å². The molecule has 0 radical (unpaired) electrons. The monoisotopic (exact) mass is 181 g/mol. The topological polar surface area (TPSA) is 3.24 Å². The second-order valence-corrected chi connectivity index (χ2v) is 4.79. The van der Waals surface area contributed by atoms with Crippen LogP contribution in [0, 0.1) is 5.92 Å². The lowest BCUT2D eigenvalue weighted by Gasteiger charge is -2.44. The summed E-state index contributed by atoms with van der Waals surface area (Å²) in [5.74, 6) is 1.06. The summed E-state index contributed by atoms with van der Waals surface area (Å²) in [6.07, 6.45) is 10.3. The van der Waals surface area contributed by atoms with Gasteiger partial charge >= 0.3 is 0 Å². The Hall–Kier alpha value is -0.0400. The third kappa shape index (κ3) is 2.07. The van der Waals surface area contributed by atoms with E-state index < -0.39 is 0 Å². The number of hydrogen-bond acceptors (Lipinski definition) is 1. The molecule has 0 N–H and O–H groups in total. The Bertz CT molecular complexity index is 151. The first-order chi connectivity index (χ1) is 6.42. The van der Waals surface area contributed by atoms with E-state index in [1.54, 1.807) is 0 Å². The van der Waals surface area contributed by atoms with E-state index in [-0.39, 0.29) is 0 Å². The smallest absolute Gasteiger partial charge is 0.0123 e. The van der Waals surface area contributed by atoms with Gasteiger partial charge in [-0.3, -0.25) is 0 Å². The largest absolute Gasteiger partial charge is 0.300 e. The molecule has 76 valence electrons. The minimum Gasteiger partial charge on any atom is -0.300 e. The average molecular weight is 181 g/mol. The van der Waals surface area contributed by atoms with Crippen LogP contribution in [0.3, 0.4) is 0 Å². The van der Waals surface area contributed by atoms with Gasteiger partial charge in [-0.25, -0.2) is 0 Å². The zero-order valence-electron chi connectivity index (χ0n) is 8.97. The van der Waals surface area contributed by atoms with Crippen molar-refractivity contribution in [3.63, 3.8) is 0 Å². The Morgan fingerprint density at radius 1 is 1.08 bits per heavy atom. The summed E-state index contributed by atoms with van der Waals surface area (Å²) in [7, 11) is 0. The Morgan fingerprint density at radius 3 is 2.69 bits per heavy atom. The fraction of sp³-hybridized carbons (Fsp3) is 1.00. The van der Waals surface area contributed by atoms with Crippen molar-refractivity contribution in [1.29, 1.82) is 0 Å². The van der Waals surface area contributed by atoms with E-state index in [0.717, 1.165) is 12.0 Å². The number of nitrogens with zero attached hydrogens (tertiary/aromatic N) is 1. The molecule has 1 saturated heterocycles. The molecule has 1 heterocycles. The molecule has 2 fully saturated rings. The van der Waals surface area contributed by atoms with Crippen LogP contribution in [0.2, 0.25) is 0 Å². The quantitative estimate of drug-likeness (QED) is 0.633. The molecule has 0 aromatic carbocycles. The summed E-state index contributed by atoms with van der Waals surface area (Å²) in [6.45, 7) is 5.04. The van der Waals surface area contributed by atoms with Gasteiger partial charge in [-0.05, 0) is 51.1 Å². The fourth-order valence-corrected chi connectivity index (χ4v) is 3.29. The second-order valence-electron chi connectivity index (χ2n) is 4.79. The molecule has 0 bridgehead atoms. The number of likely N-dealkylation sites (tertiary alicyclic amines) is 1. The van der Waals surface area contributed by atoms with E-state index >= 15 is 0 Å². The highest BCUT2D eigenvalue weighted by Gasteiger charge is 2.32. The predicted octanol–water partition coefficient (Wildman–Crippen LogP) is 3.05. The SMILES string of the molecule is CCCN1CCC[C@@H]2CCCC[C@H]21. The molecule has 0 aromatic heterocycles. The summed E-state index contributed by atoms with van der Waals surface area (Å²) in [5, 5.41) is 0. The van der Waals surface area contributed by atoms with Crippen molar-refractivity contribution in [1.82, 2.24) is 4.90 Å². The van der Waals surface area contributed by atoms with Crippen molar-refractivity contribution in [3.8, 4) is 0 Å². The van der Waals surface area contributed by atoms with Gasteiger partial charge in [0.2, 0.25) is 0 Å². The van der Waals surface area contributed by atoms with E-state index in [0.29, 0.717) is 0 Å². The normalized spacial score (nSPS) is 35.8. The lowest BCUT2D eigenvalue weighted by molar-refractivity contribution is 0.0612. The van der Waals surface area contributed by atoms with E-state index in [4.69, 9.17) is 0 Å². The standard InChI is InChI=1S/C12H23N/c1-2-9-13-10-5-7-11-6-3-4-8-12(11)13/h11-12H,2-10H2,1H3/t11-,12+/m0/s1. The number of rotatable bonds is 2. The first-order valence-corrected chi connectivity index (χ1v) is 6.16. The molecule has 2 rings (SSSR count). The minimum absolute atomic E-state index is 0.974. The van der Waals surface area contributed by atoms with Gasteiger partial charge in [0.05, 0.1) is 0 Å². The van der Waals surface area contributed by atoms with Gasteiger partial charge in [-0.1, -0.05) is 19.8 Å². The van der Waals surface area contributed by atoms with Crippen molar-refractivity contribution in [2.45, 2.75) is 57.9 Å². The van der Waals surface area contributed by atoms with Gasteiger partial charge in [0.15, 0.2) is 0 Å². The summed E-state index contributed by atoms with van der Waals surface area (Å²) in [4.78, 5) is 2.77. The Kier molecular flexibility index (Phi) is 3.26. The van der Waals surface area contributed by atoms with Crippen molar-refractivity contribution < 1.29 is 0 Å². The highest BCUT2D eigenvalue weighted by molar-refractivity contribution is 4.86. The number of hydrogen-bond donors (Lipinski definition) is 0. The van der Waals surface area contributed by atoms with Crippen molar-refractivity contribution >= 4 is 0 Å². The van der Waals surface area contributed by atoms with Gasteiger partial charge in [-0.2, -0.15) is 0 Å². The highest BCUT2D eigenvalue weighted by Crippen LogP contribution is 2.35. The summed E-state index contributed by atoms with van der Waals surface area (Å²) in [5.41, 5.74) is 0. The molecule has 2 atom stereocenters. The molecule has 0 amide bonds. The Labute approximate surface area is 82.5 Å². The first kappa shape index (κ1) is 9.51. The maximum atomic E-state index is 2.77. The lowest BCUT2D eigenvalue weighted by Crippen LogP contribution is -2.46. The molecule has 1 saturated carbocycles. The number of piperidine rings is 1. The predicted molar refractivity (Wildman–Crippen MR) is 56.8 cm³/mol. The maximum absolute atomic E-state index is 2.77. The molecule has 2 aliphatic rings. The first-order valence-electron chi connectivity index (χ1n) is 6.16. The molecule has 1 aliphatic carbocycles. The summed E-state index contributed by atoms with van der Waals surface area (Å²) >= 11 is 0. The van der Waals surface area contributed by atoms with Gasteiger partial charge < -0.3 is 4.90 Å². The third-order valence-electron chi connectivity index (χ3n) is 3.87.